The summed E-state index contributed by atoms with van der Waals surface area (Å²) < 4.78 is 13.2. The number of nitrogens with zero attached hydrogens (tertiary/aromatic N) is 6. The smallest absolute Gasteiger partial charge is 0.287 e. The van der Waals surface area contributed by atoms with Crippen LogP contribution in [0.4, 0.5) is 11.4 Å². The lowest BCUT2D eigenvalue weighted by Gasteiger charge is -2.15. The maximum atomic E-state index is 13.6. The topological polar surface area (TPSA) is 129 Å². The van der Waals surface area contributed by atoms with Gasteiger partial charge in [0, 0.05) is 48.9 Å². The highest BCUT2D eigenvalue weighted by Gasteiger charge is 2.17. The maximum absolute atomic E-state index is 13.6. The van der Waals surface area contributed by atoms with Crippen LogP contribution in [0, 0.1) is 10.1 Å². The molecule has 0 unspecified atom stereocenters. The second-order valence-corrected chi connectivity index (χ2v) is 9.29. The molecule has 0 aliphatic carbocycles. The Morgan fingerprint density at radius 1 is 1.02 bits per heavy atom. The fourth-order valence-electron chi connectivity index (χ4n) is 4.25. The number of para-hydroxylation sites is 2. The zero-order chi connectivity index (χ0) is 28.5. The molecule has 11 heteroatoms. The van der Waals surface area contributed by atoms with Crippen LogP contribution < -0.4 is 15.2 Å². The molecule has 3 heterocycles. The largest absolute Gasteiger partial charge is 0.453 e. The highest BCUT2D eigenvalue weighted by atomic mass is 16.6. The van der Waals surface area contributed by atoms with Crippen LogP contribution in [0.5, 0.6) is 11.6 Å². The third-order valence-electron chi connectivity index (χ3n) is 6.37. The van der Waals surface area contributed by atoms with Gasteiger partial charge < -0.3 is 14.1 Å². The van der Waals surface area contributed by atoms with Crippen molar-refractivity contribution in [1.29, 1.82) is 0 Å². The van der Waals surface area contributed by atoms with Gasteiger partial charge in [-0.05, 0) is 36.4 Å². The second kappa shape index (κ2) is 10.4. The first-order chi connectivity index (χ1) is 19.9. The lowest BCUT2D eigenvalue weighted by atomic mass is 10.2. The van der Waals surface area contributed by atoms with Gasteiger partial charge in [-0.3, -0.25) is 14.9 Å². The van der Waals surface area contributed by atoms with Crippen molar-refractivity contribution in [3.05, 3.63) is 117 Å². The molecule has 6 aromatic rings. The van der Waals surface area contributed by atoms with E-state index in [-0.39, 0.29) is 23.0 Å². The van der Waals surface area contributed by atoms with E-state index in [1.165, 1.54) is 23.0 Å². The lowest BCUT2D eigenvalue weighted by Crippen LogP contribution is -2.20. The van der Waals surface area contributed by atoms with Gasteiger partial charge in [0.1, 0.15) is 17.5 Å². The maximum Gasteiger partial charge on any atom is 0.287 e. The minimum Gasteiger partial charge on any atom is -0.453 e. The first-order valence-corrected chi connectivity index (χ1v) is 12.5. The fourth-order valence-corrected chi connectivity index (χ4v) is 4.25. The highest BCUT2D eigenvalue weighted by Crippen LogP contribution is 2.30. The van der Waals surface area contributed by atoms with Crippen molar-refractivity contribution in [2.24, 2.45) is 5.10 Å². The van der Waals surface area contributed by atoms with E-state index in [1.54, 1.807) is 30.3 Å². The minimum atomic E-state index is -0.531. The molecule has 0 atom stereocenters. The number of benzene rings is 3. The summed E-state index contributed by atoms with van der Waals surface area (Å²) in [4.78, 5) is 34.8. The third-order valence-corrected chi connectivity index (χ3v) is 6.37. The first kappa shape index (κ1) is 25.4. The van der Waals surface area contributed by atoms with E-state index in [9.17, 15) is 14.9 Å². The Labute approximate surface area is 232 Å². The lowest BCUT2D eigenvalue weighted by molar-refractivity contribution is -0.385. The van der Waals surface area contributed by atoms with Crippen molar-refractivity contribution in [2.75, 3.05) is 19.0 Å². The Kier molecular flexibility index (Phi) is 6.44. The number of hydrogen-bond acceptors (Lipinski definition) is 9. The van der Waals surface area contributed by atoms with E-state index in [2.05, 4.69) is 10.1 Å². The van der Waals surface area contributed by atoms with Crippen molar-refractivity contribution in [3.8, 4) is 23.2 Å². The second-order valence-electron chi connectivity index (χ2n) is 9.29. The van der Waals surface area contributed by atoms with E-state index in [1.807, 2.05) is 61.5 Å². The van der Waals surface area contributed by atoms with E-state index in [4.69, 9.17) is 14.1 Å². The normalized spacial score (nSPS) is 11.4. The van der Waals surface area contributed by atoms with Crippen LogP contribution >= 0.6 is 0 Å². The molecular formula is C30H22N6O5. The summed E-state index contributed by atoms with van der Waals surface area (Å²) >= 11 is 0. The number of fused-ring (bicyclic) bond motifs is 2. The summed E-state index contributed by atoms with van der Waals surface area (Å²) in [6.45, 7) is 0. The fraction of sp³-hybridized carbons (Fsp3) is 0.0667. The molecule has 0 fully saturated rings. The van der Waals surface area contributed by atoms with Crippen molar-refractivity contribution < 1.29 is 14.1 Å². The average molecular weight is 547 g/mol. The Morgan fingerprint density at radius 2 is 1.83 bits per heavy atom. The first-order valence-electron chi connectivity index (χ1n) is 12.5. The zero-order valence-electron chi connectivity index (χ0n) is 22.0. The molecule has 0 N–H and O–H groups in total. The molecule has 0 saturated heterocycles. The van der Waals surface area contributed by atoms with Gasteiger partial charge in [-0.25, -0.2) is 9.97 Å². The molecule has 0 spiro atoms. The van der Waals surface area contributed by atoms with Gasteiger partial charge in [0.15, 0.2) is 5.76 Å². The number of rotatable bonds is 7. The molecule has 3 aromatic carbocycles. The molecular weight excluding hydrogens is 524 g/mol. The van der Waals surface area contributed by atoms with E-state index in [0.29, 0.717) is 33.6 Å². The van der Waals surface area contributed by atoms with Crippen molar-refractivity contribution in [3.63, 3.8) is 0 Å². The van der Waals surface area contributed by atoms with Crippen LogP contribution in [0.15, 0.2) is 105 Å². The summed E-state index contributed by atoms with van der Waals surface area (Å²) in [7, 11) is 3.77. The van der Waals surface area contributed by atoms with Gasteiger partial charge >= 0.3 is 0 Å². The highest BCUT2D eigenvalue weighted by molar-refractivity contribution is 5.86. The van der Waals surface area contributed by atoms with Crippen LogP contribution in [0.3, 0.4) is 0 Å². The Bertz CT molecular complexity index is 1980. The van der Waals surface area contributed by atoms with Crippen molar-refractivity contribution >= 4 is 39.5 Å². The summed E-state index contributed by atoms with van der Waals surface area (Å²) in [5.74, 6) is 1.17. The summed E-state index contributed by atoms with van der Waals surface area (Å²) in [5, 5.41) is 16.8. The van der Waals surface area contributed by atoms with Crippen LogP contribution in [0.2, 0.25) is 0 Å². The molecule has 0 bridgehead atoms. The molecule has 0 radical (unpaired) electrons. The van der Waals surface area contributed by atoms with Gasteiger partial charge in [-0.15, -0.1) is 0 Å². The van der Waals surface area contributed by atoms with Gasteiger partial charge in [-0.1, -0.05) is 30.3 Å². The summed E-state index contributed by atoms with van der Waals surface area (Å²) in [5.41, 5.74) is 2.03. The molecule has 11 nitrogen and oxygen atoms in total. The van der Waals surface area contributed by atoms with E-state index < -0.39 is 4.92 Å². The Hall–Kier alpha value is -5.84. The molecule has 202 valence electrons. The van der Waals surface area contributed by atoms with Gasteiger partial charge in [0.25, 0.3) is 11.2 Å². The predicted octanol–water partition coefficient (Wildman–Crippen LogP) is 5.85. The predicted molar refractivity (Wildman–Crippen MR) is 156 cm³/mol. The average Bonchev–Trinajstić information content (AvgIpc) is 3.41. The quantitative estimate of drug-likeness (QED) is 0.138. The molecule has 41 heavy (non-hydrogen) atoms. The van der Waals surface area contributed by atoms with E-state index >= 15 is 0 Å². The SMILES string of the molecule is CN(C)c1ccc(C=Nn2c(-c3cc4ccccc4o3)nc3ccccc3c2=O)c(Oc2ccc([N+](=O)[O-])cn2)c1. The van der Waals surface area contributed by atoms with Crippen molar-refractivity contribution in [2.45, 2.75) is 0 Å². The van der Waals surface area contributed by atoms with E-state index in [0.717, 1.165) is 17.3 Å². The molecule has 0 saturated carbocycles. The number of anilines is 1. The van der Waals surface area contributed by atoms with Crippen LogP contribution in [-0.2, 0) is 0 Å². The molecule has 0 aliphatic heterocycles. The van der Waals surface area contributed by atoms with Crippen LogP contribution in [-0.4, -0.2) is 39.9 Å². The number of pyridine rings is 1. The van der Waals surface area contributed by atoms with Crippen LogP contribution in [0.25, 0.3) is 33.5 Å². The third kappa shape index (κ3) is 4.99. The molecule has 3 aromatic heterocycles. The standard InChI is InChI=1S/C30H22N6O5/c1-34(2)21-12-11-20(26(16-21)41-28-14-13-22(18-31-28)36(38)39)17-32-35-29(27-15-19-7-3-6-10-25(19)40-27)33-24-9-5-4-8-23(24)30(35)37/h3-18H,1-2H3. The Morgan fingerprint density at radius 3 is 2.59 bits per heavy atom. The van der Waals surface area contributed by atoms with Crippen molar-refractivity contribution in [1.82, 2.24) is 14.6 Å². The summed E-state index contributed by atoms with van der Waals surface area (Å²) in [6.07, 6.45) is 2.61. The Balaban J connectivity index is 1.47. The monoisotopic (exact) mass is 546 g/mol. The molecule has 0 amide bonds. The molecule has 6 rings (SSSR count). The van der Waals surface area contributed by atoms with Gasteiger partial charge in [-0.2, -0.15) is 9.78 Å². The minimum absolute atomic E-state index is 0.150. The number of aromatic nitrogens is 3. The van der Waals surface area contributed by atoms with Crippen LogP contribution in [0.1, 0.15) is 5.56 Å². The molecule has 0 aliphatic rings. The summed E-state index contributed by atoms with van der Waals surface area (Å²) in [6, 6.07) is 24.6. The number of ether oxygens (including phenoxy) is 1. The van der Waals surface area contributed by atoms with Gasteiger partial charge in [0.2, 0.25) is 11.7 Å². The van der Waals surface area contributed by atoms with Gasteiger partial charge in [0.05, 0.1) is 22.0 Å². The number of furan rings is 1. The number of nitro groups is 1. The number of hydrogen-bond donors (Lipinski definition) is 0. The zero-order valence-corrected chi connectivity index (χ0v) is 22.0.